The minimum atomic E-state index is 0.613. The van der Waals surface area contributed by atoms with Gasteiger partial charge in [0, 0.05) is 32.1 Å². The fraction of sp³-hybridized carbons (Fsp3) is 0.750. The molecule has 4 nitrogen and oxygen atoms in total. The van der Waals surface area contributed by atoms with Gasteiger partial charge in [-0.05, 0) is 25.7 Å². The van der Waals surface area contributed by atoms with Crippen LogP contribution in [0.5, 0.6) is 0 Å². The molecule has 0 aromatic carbocycles. The Morgan fingerprint density at radius 1 is 1.30 bits per heavy atom. The third-order valence-electron chi connectivity index (χ3n) is 4.51. The van der Waals surface area contributed by atoms with Crippen LogP contribution in [-0.2, 0) is 6.42 Å². The Hall–Kier alpha value is -1.32. The summed E-state index contributed by atoms with van der Waals surface area (Å²) in [6, 6.07) is 0.613. The van der Waals surface area contributed by atoms with E-state index in [-0.39, 0.29) is 0 Å². The first kappa shape index (κ1) is 15.1. The van der Waals surface area contributed by atoms with Crippen LogP contribution >= 0.6 is 0 Å². The monoisotopic (exact) mass is 276 g/mol. The average molecular weight is 276 g/mol. The largest absolute Gasteiger partial charge is 0.373 e. The summed E-state index contributed by atoms with van der Waals surface area (Å²) in [5, 5.41) is 3.20. The van der Waals surface area contributed by atoms with Gasteiger partial charge in [0.15, 0.2) is 0 Å². The first-order valence-electron chi connectivity index (χ1n) is 7.84. The fourth-order valence-corrected chi connectivity index (χ4v) is 3.22. The minimum absolute atomic E-state index is 0.613. The lowest BCUT2D eigenvalue weighted by molar-refractivity contribution is 0.335. The summed E-state index contributed by atoms with van der Waals surface area (Å²) < 4.78 is 0. The van der Waals surface area contributed by atoms with Crippen molar-refractivity contribution in [3.8, 4) is 0 Å². The predicted molar refractivity (Wildman–Crippen MR) is 85.5 cm³/mol. The second-order valence-corrected chi connectivity index (χ2v) is 6.08. The topological polar surface area (TPSA) is 41.1 Å². The molecule has 1 fully saturated rings. The predicted octanol–water partition coefficient (Wildman–Crippen LogP) is 3.40. The van der Waals surface area contributed by atoms with E-state index < -0.39 is 0 Å². The molecule has 4 heteroatoms. The maximum atomic E-state index is 4.77. The molecular formula is C16H28N4. The molecule has 112 valence electrons. The van der Waals surface area contributed by atoms with Gasteiger partial charge in [-0.25, -0.2) is 9.97 Å². The van der Waals surface area contributed by atoms with E-state index in [0.29, 0.717) is 6.04 Å². The van der Waals surface area contributed by atoms with E-state index in [1.54, 1.807) is 0 Å². The quantitative estimate of drug-likeness (QED) is 0.915. The molecular weight excluding hydrogens is 248 g/mol. The number of nitrogens with zero attached hydrogens (tertiary/aromatic N) is 3. The van der Waals surface area contributed by atoms with Crippen LogP contribution in [-0.4, -0.2) is 30.1 Å². The summed E-state index contributed by atoms with van der Waals surface area (Å²) in [6.07, 6.45) is 6.13. The van der Waals surface area contributed by atoms with Gasteiger partial charge in [-0.2, -0.15) is 0 Å². The zero-order valence-corrected chi connectivity index (χ0v) is 13.5. The Balaban J connectivity index is 2.30. The van der Waals surface area contributed by atoms with Crippen molar-refractivity contribution in [2.45, 2.75) is 58.9 Å². The van der Waals surface area contributed by atoms with E-state index >= 15 is 0 Å². The number of rotatable bonds is 4. The van der Waals surface area contributed by atoms with Gasteiger partial charge in [-0.3, -0.25) is 0 Å². The molecule has 1 heterocycles. The van der Waals surface area contributed by atoms with Gasteiger partial charge in [0.05, 0.1) is 0 Å². The minimum Gasteiger partial charge on any atom is -0.373 e. The highest BCUT2D eigenvalue weighted by atomic mass is 15.2. The van der Waals surface area contributed by atoms with Gasteiger partial charge in [-0.15, -0.1) is 0 Å². The second-order valence-electron chi connectivity index (χ2n) is 6.08. The molecule has 0 spiro atoms. The summed E-state index contributed by atoms with van der Waals surface area (Å²) in [6.45, 7) is 6.59. The highest BCUT2D eigenvalue weighted by molar-refractivity contribution is 5.58. The van der Waals surface area contributed by atoms with E-state index in [0.717, 1.165) is 35.4 Å². The third-order valence-corrected chi connectivity index (χ3v) is 4.51. The summed E-state index contributed by atoms with van der Waals surface area (Å²) >= 11 is 0. The van der Waals surface area contributed by atoms with Gasteiger partial charge in [0.2, 0.25) is 0 Å². The highest BCUT2D eigenvalue weighted by Crippen LogP contribution is 2.31. The Labute approximate surface area is 123 Å². The molecule has 2 atom stereocenters. The van der Waals surface area contributed by atoms with Crippen molar-refractivity contribution in [2.75, 3.05) is 24.3 Å². The smallest absolute Gasteiger partial charge is 0.137 e. The first-order valence-corrected chi connectivity index (χ1v) is 7.84. The zero-order valence-electron chi connectivity index (χ0n) is 13.5. The molecule has 1 aromatic heterocycles. The zero-order chi connectivity index (χ0) is 14.7. The lowest BCUT2D eigenvalue weighted by atomic mass is 9.86. The Morgan fingerprint density at radius 2 is 2.05 bits per heavy atom. The van der Waals surface area contributed by atoms with Crippen LogP contribution in [0, 0.1) is 12.8 Å². The van der Waals surface area contributed by atoms with E-state index in [4.69, 9.17) is 4.98 Å². The molecule has 1 aromatic rings. The molecule has 1 saturated carbocycles. The van der Waals surface area contributed by atoms with Crippen LogP contribution in [0.3, 0.4) is 0 Å². The first-order chi connectivity index (χ1) is 9.56. The molecule has 0 bridgehead atoms. The van der Waals surface area contributed by atoms with Crippen LogP contribution in [0.1, 0.15) is 50.9 Å². The van der Waals surface area contributed by atoms with Crippen molar-refractivity contribution in [1.29, 1.82) is 0 Å². The van der Waals surface area contributed by atoms with Crippen molar-refractivity contribution in [2.24, 2.45) is 5.92 Å². The van der Waals surface area contributed by atoms with Crippen LogP contribution in [0.4, 0.5) is 11.6 Å². The molecule has 0 radical (unpaired) electrons. The molecule has 2 rings (SSSR count). The van der Waals surface area contributed by atoms with Gasteiger partial charge in [0.1, 0.15) is 17.5 Å². The Bertz CT molecular complexity index is 458. The lowest BCUT2D eigenvalue weighted by Crippen LogP contribution is -2.36. The number of hydrogen-bond donors (Lipinski definition) is 1. The lowest BCUT2D eigenvalue weighted by Gasteiger charge is -2.35. The van der Waals surface area contributed by atoms with Crippen LogP contribution in [0.2, 0.25) is 0 Å². The molecule has 0 amide bonds. The third kappa shape index (κ3) is 3.05. The molecule has 1 aliphatic carbocycles. The van der Waals surface area contributed by atoms with Crippen LogP contribution in [0.25, 0.3) is 0 Å². The Kier molecular flexibility index (Phi) is 4.84. The molecule has 2 unspecified atom stereocenters. The molecule has 1 aliphatic rings. The van der Waals surface area contributed by atoms with Gasteiger partial charge in [0.25, 0.3) is 0 Å². The van der Waals surface area contributed by atoms with Crippen LogP contribution < -0.4 is 10.2 Å². The summed E-state index contributed by atoms with van der Waals surface area (Å²) in [7, 11) is 4.12. The van der Waals surface area contributed by atoms with Crippen molar-refractivity contribution in [3.05, 3.63) is 11.4 Å². The Morgan fingerprint density at radius 3 is 2.65 bits per heavy atom. The molecule has 0 aliphatic heterocycles. The number of nitrogens with one attached hydrogen (secondary N) is 1. The van der Waals surface area contributed by atoms with E-state index in [2.05, 4.69) is 43.0 Å². The van der Waals surface area contributed by atoms with Gasteiger partial charge in [-0.1, -0.05) is 26.7 Å². The van der Waals surface area contributed by atoms with Gasteiger partial charge < -0.3 is 10.2 Å². The maximum absolute atomic E-state index is 4.77. The SMILES string of the molecule is CCc1nc(NC)c(C)c(N(C)C2CCCC(C)C2)n1. The molecule has 1 N–H and O–H groups in total. The summed E-state index contributed by atoms with van der Waals surface area (Å²) in [4.78, 5) is 11.7. The van der Waals surface area contributed by atoms with Gasteiger partial charge >= 0.3 is 0 Å². The van der Waals surface area contributed by atoms with E-state index in [1.165, 1.54) is 25.7 Å². The highest BCUT2D eigenvalue weighted by Gasteiger charge is 2.25. The van der Waals surface area contributed by atoms with Crippen molar-refractivity contribution in [3.63, 3.8) is 0 Å². The molecule has 0 saturated heterocycles. The van der Waals surface area contributed by atoms with E-state index in [9.17, 15) is 0 Å². The van der Waals surface area contributed by atoms with Crippen molar-refractivity contribution in [1.82, 2.24) is 9.97 Å². The van der Waals surface area contributed by atoms with E-state index in [1.807, 2.05) is 7.05 Å². The maximum Gasteiger partial charge on any atom is 0.137 e. The summed E-state index contributed by atoms with van der Waals surface area (Å²) in [5.41, 5.74) is 1.16. The van der Waals surface area contributed by atoms with Crippen molar-refractivity contribution >= 4 is 11.6 Å². The number of anilines is 2. The standard InChI is InChI=1S/C16H28N4/c1-6-14-18-15(17-4)12(3)16(19-14)20(5)13-9-7-8-11(2)10-13/h11,13H,6-10H2,1-5H3,(H,17,18,19). The number of hydrogen-bond acceptors (Lipinski definition) is 4. The van der Waals surface area contributed by atoms with Crippen molar-refractivity contribution < 1.29 is 0 Å². The normalized spacial score (nSPS) is 22.6. The summed E-state index contributed by atoms with van der Waals surface area (Å²) in [5.74, 6) is 3.81. The number of aromatic nitrogens is 2. The second kappa shape index (κ2) is 6.42. The number of aryl methyl sites for hydroxylation is 1. The van der Waals surface area contributed by atoms with Crippen LogP contribution in [0.15, 0.2) is 0 Å². The molecule has 20 heavy (non-hydrogen) atoms. The average Bonchev–Trinajstić information content (AvgIpc) is 2.47. The fourth-order valence-electron chi connectivity index (χ4n) is 3.22.